The first-order chi connectivity index (χ1) is 12.7. The van der Waals surface area contributed by atoms with Gasteiger partial charge in [-0.1, -0.05) is 38.0 Å². The Kier molecular flexibility index (Phi) is 5.92. The number of fused-ring (bicyclic) bond motifs is 1. The van der Waals surface area contributed by atoms with Crippen molar-refractivity contribution in [2.24, 2.45) is 0 Å². The molecule has 4 nitrogen and oxygen atoms in total. The Balaban J connectivity index is 1.92. The van der Waals surface area contributed by atoms with Gasteiger partial charge in [0.25, 0.3) is 0 Å². The second-order valence-electron chi connectivity index (χ2n) is 7.00. The Bertz CT molecular complexity index is 790. The van der Waals surface area contributed by atoms with Crippen LogP contribution in [0, 0.1) is 0 Å². The lowest BCUT2D eigenvalue weighted by molar-refractivity contribution is -0.142. The zero-order valence-electron chi connectivity index (χ0n) is 15.7. The van der Waals surface area contributed by atoms with Gasteiger partial charge < -0.3 is 9.30 Å². The standard InChI is InChI=1S/C22H27NO3/c1-3-4-8-16-9-7-10-17(15-16)21(24)20-13-12-19-18(22(25)26-2)11-5-6-14-23(19)20/h7,9-10,12-13,15,18H,3-6,8,11,14H2,1-2H3. The number of unbranched alkanes of at least 4 members (excludes halogenated alkanes) is 1. The van der Waals surface area contributed by atoms with Crippen LogP contribution in [0.2, 0.25) is 0 Å². The van der Waals surface area contributed by atoms with Gasteiger partial charge in [-0.3, -0.25) is 9.59 Å². The fraction of sp³-hybridized carbons (Fsp3) is 0.455. The van der Waals surface area contributed by atoms with Gasteiger partial charge in [0.2, 0.25) is 5.78 Å². The van der Waals surface area contributed by atoms with E-state index >= 15 is 0 Å². The highest BCUT2D eigenvalue weighted by atomic mass is 16.5. The molecule has 0 saturated heterocycles. The Labute approximate surface area is 155 Å². The van der Waals surface area contributed by atoms with Crippen LogP contribution in [0.4, 0.5) is 0 Å². The number of nitrogens with zero attached hydrogens (tertiary/aromatic N) is 1. The molecule has 1 aliphatic heterocycles. The predicted octanol–water partition coefficient (Wildman–Crippen LogP) is 4.50. The summed E-state index contributed by atoms with van der Waals surface area (Å²) in [4.78, 5) is 25.3. The Morgan fingerprint density at radius 2 is 2.04 bits per heavy atom. The number of aryl methyl sites for hydroxylation is 1. The third-order valence-electron chi connectivity index (χ3n) is 5.22. The highest BCUT2D eigenvalue weighted by Crippen LogP contribution is 2.30. The summed E-state index contributed by atoms with van der Waals surface area (Å²) in [6.07, 6.45) is 5.96. The van der Waals surface area contributed by atoms with Gasteiger partial charge in [0.1, 0.15) is 0 Å². The summed E-state index contributed by atoms with van der Waals surface area (Å²) < 4.78 is 7.00. The lowest BCUT2D eigenvalue weighted by atomic mass is 10.00. The number of hydrogen-bond acceptors (Lipinski definition) is 3. The molecule has 2 aromatic rings. The van der Waals surface area contributed by atoms with Crippen LogP contribution in [0.25, 0.3) is 0 Å². The normalized spacial score (nSPS) is 16.6. The molecule has 2 heterocycles. The van der Waals surface area contributed by atoms with E-state index in [4.69, 9.17) is 4.74 Å². The molecular weight excluding hydrogens is 326 g/mol. The van der Waals surface area contributed by atoms with E-state index < -0.39 is 0 Å². The van der Waals surface area contributed by atoms with Crippen molar-refractivity contribution >= 4 is 11.8 Å². The summed E-state index contributed by atoms with van der Waals surface area (Å²) in [5.74, 6) is -0.466. The number of esters is 1. The highest BCUT2D eigenvalue weighted by Gasteiger charge is 2.29. The SMILES string of the molecule is CCCCc1cccc(C(=O)c2ccc3n2CCCCC3C(=O)OC)c1. The summed E-state index contributed by atoms with van der Waals surface area (Å²) in [6.45, 7) is 2.94. The number of hydrogen-bond donors (Lipinski definition) is 0. The van der Waals surface area contributed by atoms with Crippen molar-refractivity contribution in [3.8, 4) is 0 Å². The molecule has 3 rings (SSSR count). The predicted molar refractivity (Wildman–Crippen MR) is 102 cm³/mol. The van der Waals surface area contributed by atoms with Gasteiger partial charge in [-0.15, -0.1) is 0 Å². The molecule has 0 radical (unpaired) electrons. The van der Waals surface area contributed by atoms with Crippen molar-refractivity contribution < 1.29 is 14.3 Å². The number of carbonyl (C=O) groups is 2. The third kappa shape index (κ3) is 3.74. The summed E-state index contributed by atoms with van der Waals surface area (Å²) in [5, 5.41) is 0. The minimum Gasteiger partial charge on any atom is -0.469 e. The number of aromatic nitrogens is 1. The molecule has 1 atom stereocenters. The molecule has 0 fully saturated rings. The maximum atomic E-state index is 13.1. The molecule has 1 aromatic carbocycles. The quantitative estimate of drug-likeness (QED) is 0.567. The number of benzene rings is 1. The van der Waals surface area contributed by atoms with E-state index in [0.29, 0.717) is 5.69 Å². The van der Waals surface area contributed by atoms with Crippen molar-refractivity contribution in [1.29, 1.82) is 0 Å². The summed E-state index contributed by atoms with van der Waals surface area (Å²) in [7, 11) is 1.42. The lowest BCUT2D eigenvalue weighted by Crippen LogP contribution is -2.18. The maximum absolute atomic E-state index is 13.1. The molecule has 0 amide bonds. The number of ether oxygens (including phenoxy) is 1. The van der Waals surface area contributed by atoms with Crippen LogP contribution in [-0.4, -0.2) is 23.4 Å². The Morgan fingerprint density at radius 3 is 2.81 bits per heavy atom. The van der Waals surface area contributed by atoms with Crippen LogP contribution in [0.5, 0.6) is 0 Å². The summed E-state index contributed by atoms with van der Waals surface area (Å²) in [6, 6.07) is 11.7. The van der Waals surface area contributed by atoms with E-state index in [1.807, 2.05) is 34.9 Å². The average Bonchev–Trinajstić information content (AvgIpc) is 2.97. The van der Waals surface area contributed by atoms with E-state index in [1.54, 1.807) is 0 Å². The average molecular weight is 353 g/mol. The second kappa shape index (κ2) is 8.35. The van der Waals surface area contributed by atoms with Gasteiger partial charge in [-0.25, -0.2) is 0 Å². The molecule has 0 bridgehead atoms. The fourth-order valence-electron chi connectivity index (χ4n) is 3.78. The number of carbonyl (C=O) groups excluding carboxylic acids is 2. The first-order valence-electron chi connectivity index (χ1n) is 9.56. The van der Waals surface area contributed by atoms with Gasteiger partial charge in [-0.2, -0.15) is 0 Å². The van der Waals surface area contributed by atoms with Gasteiger partial charge >= 0.3 is 5.97 Å². The minimum absolute atomic E-state index is 0.0279. The molecule has 0 N–H and O–H groups in total. The molecule has 0 aliphatic carbocycles. The topological polar surface area (TPSA) is 48.3 Å². The molecule has 26 heavy (non-hydrogen) atoms. The van der Waals surface area contributed by atoms with Crippen LogP contribution < -0.4 is 0 Å². The summed E-state index contributed by atoms with van der Waals surface area (Å²) >= 11 is 0. The van der Waals surface area contributed by atoms with Crippen molar-refractivity contribution in [2.45, 2.75) is 57.9 Å². The Morgan fingerprint density at radius 1 is 1.19 bits per heavy atom. The highest BCUT2D eigenvalue weighted by molar-refractivity contribution is 6.08. The van der Waals surface area contributed by atoms with Crippen molar-refractivity contribution in [3.63, 3.8) is 0 Å². The largest absolute Gasteiger partial charge is 0.469 e. The number of rotatable bonds is 6. The molecule has 4 heteroatoms. The van der Waals surface area contributed by atoms with Gasteiger partial charge in [-0.05, 0) is 49.4 Å². The lowest BCUT2D eigenvalue weighted by Gasteiger charge is -2.15. The smallest absolute Gasteiger partial charge is 0.314 e. The molecule has 1 aromatic heterocycles. The van der Waals surface area contributed by atoms with Crippen molar-refractivity contribution in [2.75, 3.05) is 7.11 Å². The van der Waals surface area contributed by atoms with Gasteiger partial charge in [0.05, 0.1) is 18.7 Å². The maximum Gasteiger partial charge on any atom is 0.314 e. The van der Waals surface area contributed by atoms with Gasteiger partial charge in [0, 0.05) is 17.8 Å². The van der Waals surface area contributed by atoms with E-state index in [0.717, 1.165) is 56.3 Å². The fourth-order valence-corrected chi connectivity index (χ4v) is 3.78. The number of methoxy groups -OCH3 is 1. The first kappa shape index (κ1) is 18.4. The van der Waals surface area contributed by atoms with E-state index in [1.165, 1.54) is 12.7 Å². The molecular formula is C22H27NO3. The monoisotopic (exact) mass is 353 g/mol. The molecule has 1 unspecified atom stereocenters. The van der Waals surface area contributed by atoms with E-state index in [2.05, 4.69) is 13.0 Å². The first-order valence-corrected chi connectivity index (χ1v) is 9.56. The summed E-state index contributed by atoms with van der Waals surface area (Å²) in [5.41, 5.74) is 3.49. The zero-order chi connectivity index (χ0) is 18.5. The second-order valence-corrected chi connectivity index (χ2v) is 7.00. The van der Waals surface area contributed by atoms with Crippen LogP contribution in [0.1, 0.15) is 72.3 Å². The van der Waals surface area contributed by atoms with Crippen molar-refractivity contribution in [3.05, 3.63) is 58.9 Å². The molecule has 0 saturated carbocycles. The van der Waals surface area contributed by atoms with Crippen LogP contribution in [-0.2, 0) is 22.5 Å². The molecule has 1 aliphatic rings. The minimum atomic E-state index is -0.278. The number of ketones is 1. The van der Waals surface area contributed by atoms with Crippen LogP contribution >= 0.6 is 0 Å². The van der Waals surface area contributed by atoms with E-state index in [-0.39, 0.29) is 17.7 Å². The Hall–Kier alpha value is -2.36. The molecule has 138 valence electrons. The van der Waals surface area contributed by atoms with E-state index in [9.17, 15) is 9.59 Å². The third-order valence-corrected chi connectivity index (χ3v) is 5.22. The van der Waals surface area contributed by atoms with Crippen LogP contribution in [0.15, 0.2) is 36.4 Å². The van der Waals surface area contributed by atoms with Crippen LogP contribution in [0.3, 0.4) is 0 Å². The molecule has 0 spiro atoms. The van der Waals surface area contributed by atoms with Gasteiger partial charge in [0.15, 0.2) is 0 Å². The zero-order valence-corrected chi connectivity index (χ0v) is 15.7. The van der Waals surface area contributed by atoms with Crippen molar-refractivity contribution in [1.82, 2.24) is 4.57 Å².